The second-order valence-corrected chi connectivity index (χ2v) is 16.0. The van der Waals surface area contributed by atoms with Crippen molar-refractivity contribution in [3.63, 3.8) is 0 Å². The number of aliphatic imine (C=N–C) groups is 1. The maximum Gasteiger partial charge on any atom is 0.229 e. The number of hydrogen-bond donors (Lipinski definition) is 1. The molecule has 0 atom stereocenters. The summed E-state index contributed by atoms with van der Waals surface area (Å²) in [7, 11) is 0. The molecule has 0 bridgehead atoms. The van der Waals surface area contributed by atoms with Crippen molar-refractivity contribution < 1.29 is 9.52 Å². The van der Waals surface area contributed by atoms with Crippen molar-refractivity contribution in [2.75, 3.05) is 0 Å². The average Bonchev–Trinajstić information content (AvgIpc) is 3.60. The fourth-order valence-electron chi connectivity index (χ4n) is 7.12. The van der Waals surface area contributed by atoms with Gasteiger partial charge in [-0.25, -0.2) is 4.98 Å². The molecular weight excluding hydrogens is 663 g/mol. The summed E-state index contributed by atoms with van der Waals surface area (Å²) in [4.78, 5) is 10.3. The van der Waals surface area contributed by atoms with Gasteiger partial charge in [-0.2, -0.15) is 5.26 Å². The van der Waals surface area contributed by atoms with Crippen LogP contribution in [0.2, 0.25) is 0 Å². The highest BCUT2D eigenvalue weighted by atomic mass is 16.3. The number of aromatic hydroxyl groups is 1. The molecule has 7 aromatic carbocycles. The lowest BCUT2D eigenvalue weighted by Gasteiger charge is -2.20. The average molecular weight is 704 g/mol. The standard InChI is InChI=1S/C49H41N3O2/c1-48(2,3)34-20-24-43(53)33(25-34)29-51-45-37-12-8-7-11-31(37)19-21-41(45)47-52-46-42(26-35(49(4,5)6)27-44(46)54-47)40-23-22-36(38-13-9-10-14-39(38)40)32-17-15-30(28-50)16-18-32/h7-27,29,53H,1-6H3. The number of phenols is 1. The fraction of sp³-hybridized carbons (Fsp3) is 0.163. The zero-order chi connectivity index (χ0) is 37.8. The molecule has 0 unspecified atom stereocenters. The zero-order valence-electron chi connectivity index (χ0n) is 31.4. The van der Waals surface area contributed by atoms with Crippen LogP contribution < -0.4 is 0 Å². The number of hydrogen-bond acceptors (Lipinski definition) is 5. The summed E-state index contributed by atoms with van der Waals surface area (Å²) in [5, 5.41) is 24.4. The topological polar surface area (TPSA) is 82.4 Å². The van der Waals surface area contributed by atoms with Gasteiger partial charge in [-0.3, -0.25) is 4.99 Å². The second-order valence-electron chi connectivity index (χ2n) is 16.0. The number of benzene rings is 7. The molecule has 0 aliphatic heterocycles. The summed E-state index contributed by atoms with van der Waals surface area (Å²) in [5.74, 6) is 0.647. The fourth-order valence-corrected chi connectivity index (χ4v) is 7.12. The third-order valence-corrected chi connectivity index (χ3v) is 10.3. The van der Waals surface area contributed by atoms with Gasteiger partial charge in [-0.1, -0.05) is 126 Å². The van der Waals surface area contributed by atoms with Crippen LogP contribution in [0.15, 0.2) is 137 Å². The third kappa shape index (κ3) is 6.31. The normalized spacial score (nSPS) is 12.2. The zero-order valence-corrected chi connectivity index (χ0v) is 31.4. The van der Waals surface area contributed by atoms with E-state index in [0.29, 0.717) is 22.6 Å². The number of rotatable bonds is 5. The minimum Gasteiger partial charge on any atom is -0.507 e. The highest BCUT2D eigenvalue weighted by Gasteiger charge is 2.23. The number of nitriles is 1. The molecule has 5 heteroatoms. The van der Waals surface area contributed by atoms with Crippen LogP contribution in [0.3, 0.4) is 0 Å². The van der Waals surface area contributed by atoms with Gasteiger partial charge in [-0.05, 0) is 97.3 Å². The molecule has 0 amide bonds. The summed E-state index contributed by atoms with van der Waals surface area (Å²) in [6, 6.07) is 45.1. The summed E-state index contributed by atoms with van der Waals surface area (Å²) in [6.45, 7) is 13.1. The molecule has 1 aromatic heterocycles. The second kappa shape index (κ2) is 13.2. The molecule has 54 heavy (non-hydrogen) atoms. The summed E-state index contributed by atoms with van der Waals surface area (Å²) >= 11 is 0. The van der Waals surface area contributed by atoms with Gasteiger partial charge in [0, 0.05) is 22.7 Å². The van der Waals surface area contributed by atoms with E-state index in [9.17, 15) is 10.4 Å². The number of oxazole rings is 1. The Balaban J connectivity index is 1.33. The Morgan fingerprint density at radius 2 is 1.30 bits per heavy atom. The van der Waals surface area contributed by atoms with Crippen LogP contribution in [-0.2, 0) is 10.8 Å². The maximum absolute atomic E-state index is 10.8. The quantitative estimate of drug-likeness (QED) is 0.181. The number of nitrogens with zero attached hydrogens (tertiary/aromatic N) is 3. The van der Waals surface area contributed by atoms with Crippen LogP contribution in [0.5, 0.6) is 5.75 Å². The Morgan fingerprint density at radius 3 is 2.00 bits per heavy atom. The molecule has 8 aromatic rings. The lowest BCUT2D eigenvalue weighted by molar-refractivity contribution is 0.473. The van der Waals surface area contributed by atoms with Gasteiger partial charge in [0.2, 0.25) is 5.89 Å². The first-order chi connectivity index (χ1) is 25.9. The Kier molecular flexibility index (Phi) is 8.43. The summed E-state index contributed by atoms with van der Waals surface area (Å²) in [6.07, 6.45) is 1.74. The van der Waals surface area contributed by atoms with Crippen LogP contribution in [0.25, 0.3) is 66.4 Å². The van der Waals surface area contributed by atoms with Crippen molar-refractivity contribution in [1.29, 1.82) is 5.26 Å². The molecule has 1 heterocycles. The van der Waals surface area contributed by atoms with Gasteiger partial charge in [0.15, 0.2) is 5.58 Å². The van der Waals surface area contributed by atoms with Crippen LogP contribution in [0.4, 0.5) is 5.69 Å². The minimum absolute atomic E-state index is 0.0853. The lowest BCUT2D eigenvalue weighted by Crippen LogP contribution is -2.11. The first-order valence-corrected chi connectivity index (χ1v) is 18.3. The summed E-state index contributed by atoms with van der Waals surface area (Å²) in [5.41, 5.74) is 10.4. The van der Waals surface area contributed by atoms with Gasteiger partial charge < -0.3 is 9.52 Å². The number of phenolic OH excluding ortho intramolecular Hbond substituents is 1. The van der Waals surface area contributed by atoms with Gasteiger partial charge in [0.1, 0.15) is 11.3 Å². The molecule has 0 spiro atoms. The molecule has 5 nitrogen and oxygen atoms in total. The lowest BCUT2D eigenvalue weighted by atomic mass is 9.84. The van der Waals surface area contributed by atoms with Crippen molar-refractivity contribution in [3.05, 3.63) is 150 Å². The molecule has 1 N–H and O–H groups in total. The van der Waals surface area contributed by atoms with Gasteiger partial charge in [0.25, 0.3) is 0 Å². The first-order valence-electron chi connectivity index (χ1n) is 18.3. The minimum atomic E-state index is -0.157. The molecule has 8 rings (SSSR count). The monoisotopic (exact) mass is 703 g/mol. The van der Waals surface area contributed by atoms with Crippen molar-refractivity contribution in [2.24, 2.45) is 4.99 Å². The van der Waals surface area contributed by atoms with E-state index in [2.05, 4.69) is 114 Å². The largest absolute Gasteiger partial charge is 0.507 e. The van der Waals surface area contributed by atoms with E-state index in [1.165, 1.54) is 0 Å². The molecule has 0 aliphatic carbocycles. The number of aromatic nitrogens is 1. The third-order valence-electron chi connectivity index (χ3n) is 10.3. The molecule has 0 radical (unpaired) electrons. The highest BCUT2D eigenvalue weighted by molar-refractivity contribution is 6.09. The Hall–Kier alpha value is -6.51. The van der Waals surface area contributed by atoms with Crippen molar-refractivity contribution >= 4 is 44.5 Å². The van der Waals surface area contributed by atoms with Crippen molar-refractivity contribution in [3.8, 4) is 45.5 Å². The predicted octanol–water partition coefficient (Wildman–Crippen LogP) is 13.1. The molecule has 0 saturated carbocycles. The van der Waals surface area contributed by atoms with E-state index >= 15 is 0 Å². The first kappa shape index (κ1) is 34.6. The smallest absolute Gasteiger partial charge is 0.229 e. The predicted molar refractivity (Wildman–Crippen MR) is 223 cm³/mol. The van der Waals surface area contributed by atoms with E-state index in [1.54, 1.807) is 12.3 Å². The maximum atomic E-state index is 10.8. The van der Waals surface area contributed by atoms with Gasteiger partial charge in [0.05, 0.1) is 22.9 Å². The van der Waals surface area contributed by atoms with E-state index in [1.807, 2.05) is 54.6 Å². The van der Waals surface area contributed by atoms with Crippen molar-refractivity contribution in [1.82, 2.24) is 4.98 Å². The molecule has 0 aliphatic rings. The van der Waals surface area contributed by atoms with E-state index in [4.69, 9.17) is 14.4 Å². The molecule has 0 saturated heterocycles. The van der Waals surface area contributed by atoms with Crippen LogP contribution in [-0.4, -0.2) is 16.3 Å². The molecule has 0 fully saturated rings. The van der Waals surface area contributed by atoms with Gasteiger partial charge >= 0.3 is 0 Å². The summed E-state index contributed by atoms with van der Waals surface area (Å²) < 4.78 is 6.75. The van der Waals surface area contributed by atoms with E-state index in [0.717, 1.165) is 71.7 Å². The van der Waals surface area contributed by atoms with Crippen molar-refractivity contribution in [2.45, 2.75) is 52.4 Å². The van der Waals surface area contributed by atoms with E-state index in [-0.39, 0.29) is 16.6 Å². The molecule has 264 valence electrons. The van der Waals surface area contributed by atoms with Gasteiger partial charge in [-0.15, -0.1) is 0 Å². The van der Waals surface area contributed by atoms with Crippen LogP contribution in [0.1, 0.15) is 63.8 Å². The Morgan fingerprint density at radius 1 is 0.648 bits per heavy atom. The SMILES string of the molecule is CC(C)(C)c1ccc(O)c(C=Nc2c(-c3nc4c(-c5ccc(-c6ccc(C#N)cc6)c6ccccc56)cc(C(C)(C)C)cc4o3)ccc3ccccc23)c1. The van der Waals surface area contributed by atoms with Crippen LogP contribution in [0, 0.1) is 11.3 Å². The van der Waals surface area contributed by atoms with E-state index < -0.39 is 0 Å². The highest BCUT2D eigenvalue weighted by Crippen LogP contribution is 2.44. The Labute approximate surface area is 315 Å². The number of fused-ring (bicyclic) bond motifs is 3. The Bertz CT molecular complexity index is 2800. The van der Waals surface area contributed by atoms with Crippen LogP contribution >= 0.6 is 0 Å². The molecular formula is C49H41N3O2.